The number of thioether (sulfide) groups is 1. The van der Waals surface area contributed by atoms with Gasteiger partial charge in [-0.05, 0) is 108 Å². The Labute approximate surface area is 381 Å². The topological polar surface area (TPSA) is 110 Å². The second-order valence-electron chi connectivity index (χ2n) is 13.6. The first-order valence-electron chi connectivity index (χ1n) is 20.0. The average Bonchev–Trinajstić information content (AvgIpc) is 4.05. The molecule has 4 aromatic heterocycles. The van der Waals surface area contributed by atoms with Gasteiger partial charge in [0.25, 0.3) is 0 Å². The molecule has 4 aromatic carbocycles. The average molecular weight is 962 g/mol. The zero-order valence-electron chi connectivity index (χ0n) is 34.6. The minimum absolute atomic E-state index is 0.100. The van der Waals surface area contributed by atoms with Crippen LogP contribution < -0.4 is 9.47 Å². The highest BCUT2D eigenvalue weighted by Crippen LogP contribution is 2.32. The summed E-state index contributed by atoms with van der Waals surface area (Å²) in [7, 11) is 3.34. The number of carbonyl (C=O) groups excluding carboxylic acids is 2. The Kier molecular flexibility index (Phi) is 17.3. The molecule has 4 heterocycles. The number of esters is 2. The molecule has 61 heavy (non-hydrogen) atoms. The van der Waals surface area contributed by atoms with Crippen molar-refractivity contribution in [3.05, 3.63) is 112 Å². The molecular weight excluding hydrogens is 913 g/mol. The van der Waals surface area contributed by atoms with Gasteiger partial charge in [0.2, 0.25) is 0 Å². The van der Waals surface area contributed by atoms with Crippen LogP contribution in [-0.2, 0) is 32.2 Å². The van der Waals surface area contributed by atoms with Crippen LogP contribution in [0.25, 0.3) is 42.2 Å². The molecule has 0 aliphatic rings. The second-order valence-corrected chi connectivity index (χ2v) is 17.7. The molecule has 0 amide bonds. The number of halogens is 1. The number of alkyl halides is 1. The van der Waals surface area contributed by atoms with E-state index in [-0.39, 0.29) is 11.9 Å². The van der Waals surface area contributed by atoms with Crippen molar-refractivity contribution in [2.75, 3.05) is 38.5 Å². The van der Waals surface area contributed by atoms with Crippen molar-refractivity contribution in [3.63, 3.8) is 0 Å². The number of H-pyrrole nitrogens is 1. The highest BCUT2D eigenvalue weighted by molar-refractivity contribution is 9.09. The summed E-state index contributed by atoms with van der Waals surface area (Å²) in [4.78, 5) is 30.3. The summed E-state index contributed by atoms with van der Waals surface area (Å²) < 4.78 is 28.1. The molecule has 1 N–H and O–H groups in total. The van der Waals surface area contributed by atoms with Crippen molar-refractivity contribution in [1.82, 2.24) is 19.1 Å². The number of imidazole rings is 2. The largest absolute Gasteiger partial charge is 0.497 e. The molecule has 8 rings (SSSR count). The smallest absolute Gasteiger partial charge is 0.305 e. The molecule has 0 unspecified atom stereocenters. The maximum atomic E-state index is 11.6. The van der Waals surface area contributed by atoms with Crippen LogP contribution in [0.1, 0.15) is 50.7 Å². The molecule has 320 valence electrons. The molecule has 15 heteroatoms. The van der Waals surface area contributed by atoms with Crippen molar-refractivity contribution in [2.45, 2.75) is 57.8 Å². The van der Waals surface area contributed by atoms with E-state index < -0.39 is 0 Å². The molecule has 0 saturated carbocycles. The molecule has 0 atom stereocenters. The van der Waals surface area contributed by atoms with Crippen molar-refractivity contribution in [1.29, 1.82) is 0 Å². The third-order valence-electron chi connectivity index (χ3n) is 9.56. The summed E-state index contributed by atoms with van der Waals surface area (Å²) in [5, 5.41) is 8.86. The SMILES string of the molecule is CCOC(=O)CCCBr.CCOC(=O)CCCSc1nc2cc(OC)ccc2n1Cc1csc2ccccc12.COc1ccc2c(c1)[nH]c(=S)n2Cc1csc2ccccc12. The maximum absolute atomic E-state index is 11.6. The number of hydrogen-bond donors (Lipinski definition) is 1. The van der Waals surface area contributed by atoms with Gasteiger partial charge < -0.3 is 33.1 Å². The van der Waals surface area contributed by atoms with Gasteiger partial charge in [-0.1, -0.05) is 64.1 Å². The maximum Gasteiger partial charge on any atom is 0.305 e. The Morgan fingerprint density at radius 3 is 1.90 bits per heavy atom. The number of aromatic amines is 1. The Morgan fingerprint density at radius 2 is 1.31 bits per heavy atom. The summed E-state index contributed by atoms with van der Waals surface area (Å²) in [6.07, 6.45) is 2.58. The van der Waals surface area contributed by atoms with Crippen LogP contribution in [-0.4, -0.2) is 69.6 Å². The van der Waals surface area contributed by atoms with Crippen molar-refractivity contribution in [3.8, 4) is 11.5 Å². The summed E-state index contributed by atoms with van der Waals surface area (Å²) in [6.45, 7) is 6.09. The van der Waals surface area contributed by atoms with Crippen molar-refractivity contribution >= 4 is 117 Å². The Bertz CT molecular complexity index is 2750. The van der Waals surface area contributed by atoms with Crippen LogP contribution >= 0.6 is 62.6 Å². The van der Waals surface area contributed by atoms with Gasteiger partial charge in [-0.25, -0.2) is 4.98 Å². The number of rotatable bonds is 16. The van der Waals surface area contributed by atoms with E-state index >= 15 is 0 Å². The van der Waals surface area contributed by atoms with E-state index in [2.05, 4.69) is 106 Å². The quantitative estimate of drug-likeness (QED) is 0.0333. The lowest BCUT2D eigenvalue weighted by atomic mass is 10.2. The minimum atomic E-state index is -0.138. The van der Waals surface area contributed by atoms with Gasteiger partial charge in [0.1, 0.15) is 11.5 Å². The number of benzene rings is 4. The van der Waals surface area contributed by atoms with E-state index in [0.717, 1.165) is 80.5 Å². The lowest BCUT2D eigenvalue weighted by molar-refractivity contribution is -0.144. The first kappa shape index (κ1) is 45.8. The molecule has 0 bridgehead atoms. The van der Waals surface area contributed by atoms with Gasteiger partial charge in [-0.2, -0.15) is 0 Å². The number of nitrogens with one attached hydrogen (secondary N) is 1. The fourth-order valence-electron chi connectivity index (χ4n) is 6.61. The number of carbonyl (C=O) groups is 2. The van der Waals surface area contributed by atoms with Crippen molar-refractivity contribution < 1.29 is 28.5 Å². The third kappa shape index (κ3) is 12.0. The zero-order chi connectivity index (χ0) is 43.1. The lowest BCUT2D eigenvalue weighted by Crippen LogP contribution is -2.04. The van der Waals surface area contributed by atoms with Gasteiger partial charge in [0.05, 0.1) is 62.6 Å². The van der Waals surface area contributed by atoms with E-state index in [0.29, 0.717) is 26.1 Å². The van der Waals surface area contributed by atoms with E-state index in [9.17, 15) is 9.59 Å². The van der Waals surface area contributed by atoms with Crippen LogP contribution in [0.4, 0.5) is 0 Å². The van der Waals surface area contributed by atoms with Crippen LogP contribution in [0, 0.1) is 4.77 Å². The third-order valence-corrected chi connectivity index (χ3v) is 13.5. The van der Waals surface area contributed by atoms with Crippen molar-refractivity contribution in [2.24, 2.45) is 0 Å². The van der Waals surface area contributed by atoms with Crippen LogP contribution in [0.5, 0.6) is 11.5 Å². The number of thiophene rings is 2. The normalized spacial score (nSPS) is 11.0. The number of nitrogens with zero attached hydrogens (tertiary/aromatic N) is 3. The predicted octanol–water partition coefficient (Wildman–Crippen LogP) is 12.4. The fraction of sp³-hybridized carbons (Fsp3) is 0.304. The minimum Gasteiger partial charge on any atom is -0.497 e. The Morgan fingerprint density at radius 1 is 0.754 bits per heavy atom. The first-order valence-corrected chi connectivity index (χ1v) is 24.2. The molecule has 8 aromatic rings. The van der Waals surface area contributed by atoms with Crippen LogP contribution in [0.2, 0.25) is 0 Å². The molecule has 0 aliphatic carbocycles. The zero-order valence-corrected chi connectivity index (χ0v) is 39.5. The number of ether oxygens (including phenoxy) is 4. The Balaban J connectivity index is 0.000000175. The Hall–Kier alpha value is -4.67. The summed E-state index contributed by atoms with van der Waals surface area (Å²) in [5.74, 6) is 2.20. The standard InChI is InChI=1S/C23H24N2O3S2.C17H14N2OS2.C6H11BrO2/c1-3-28-22(26)9-6-12-29-23-24-19-13-17(27-2)10-11-20(19)25(23)14-16-15-30-21-8-5-4-7-18(16)21;1-20-12-6-7-15-14(8-12)18-17(21)19(15)9-11-10-22-16-5-3-2-4-13(11)16;1-2-9-6(8)4-3-5-7/h4-5,7-8,10-11,13,15H,3,6,9,12,14H2,1-2H3;2-8,10H,9H2,1H3,(H,18,21);2-5H2,1H3. The summed E-state index contributed by atoms with van der Waals surface area (Å²) in [6, 6.07) is 29.0. The molecule has 0 saturated heterocycles. The second kappa shape index (κ2) is 23.0. The van der Waals surface area contributed by atoms with Gasteiger partial charge in [-0.15, -0.1) is 22.7 Å². The van der Waals surface area contributed by atoms with Gasteiger partial charge >= 0.3 is 11.9 Å². The van der Waals surface area contributed by atoms with E-state index in [4.69, 9.17) is 31.4 Å². The van der Waals surface area contributed by atoms with Crippen LogP contribution in [0.15, 0.2) is 101 Å². The number of hydrogen-bond acceptors (Lipinski definition) is 11. The molecule has 0 spiro atoms. The number of fused-ring (bicyclic) bond motifs is 4. The van der Waals surface area contributed by atoms with Gasteiger partial charge in [-0.3, -0.25) is 9.59 Å². The van der Waals surface area contributed by atoms with Gasteiger partial charge in [0.15, 0.2) is 9.93 Å². The van der Waals surface area contributed by atoms with Gasteiger partial charge in [0, 0.05) is 45.5 Å². The highest BCUT2D eigenvalue weighted by Gasteiger charge is 2.15. The molecule has 0 fully saturated rings. The number of aromatic nitrogens is 4. The molecule has 10 nitrogen and oxygen atoms in total. The molecule has 0 radical (unpaired) electrons. The molecule has 0 aliphatic heterocycles. The van der Waals surface area contributed by atoms with E-state index in [1.54, 1.807) is 48.7 Å². The predicted molar refractivity (Wildman–Crippen MR) is 258 cm³/mol. The lowest BCUT2D eigenvalue weighted by Gasteiger charge is -2.09. The summed E-state index contributed by atoms with van der Waals surface area (Å²) >= 11 is 13.9. The first-order chi connectivity index (χ1) is 29.8. The monoisotopic (exact) mass is 960 g/mol. The summed E-state index contributed by atoms with van der Waals surface area (Å²) in [5.41, 5.74) is 6.69. The number of methoxy groups -OCH3 is 2. The van der Waals surface area contributed by atoms with E-state index in [1.807, 2.05) is 38.1 Å². The fourth-order valence-corrected chi connectivity index (χ4v) is 10.0. The molecular formula is C46H49BrN4O6S4. The van der Waals surface area contributed by atoms with E-state index in [1.165, 1.54) is 31.3 Å². The highest BCUT2D eigenvalue weighted by atomic mass is 79.9. The van der Waals surface area contributed by atoms with Crippen LogP contribution in [0.3, 0.4) is 0 Å².